The Bertz CT molecular complexity index is 375. The Balaban J connectivity index is 2.77. The maximum Gasteiger partial charge on any atom is 0.318 e. The molecule has 0 aromatic carbocycles. The molecule has 0 radical (unpaired) electrons. The van der Waals surface area contributed by atoms with Crippen LogP contribution in [0.15, 0.2) is 0 Å². The van der Waals surface area contributed by atoms with Crippen LogP contribution in [0.25, 0.3) is 0 Å². The van der Waals surface area contributed by atoms with E-state index in [2.05, 4.69) is 0 Å². The van der Waals surface area contributed by atoms with E-state index in [1.54, 1.807) is 6.92 Å². The highest BCUT2D eigenvalue weighted by Crippen LogP contribution is 2.18. The number of nitrogens with zero attached hydrogens (tertiary/aromatic N) is 1. The summed E-state index contributed by atoms with van der Waals surface area (Å²) in [7, 11) is -3.58. The molecule has 0 aliphatic carbocycles. The molecule has 1 aliphatic heterocycles. The summed E-state index contributed by atoms with van der Waals surface area (Å²) in [6, 6.07) is -0.312. The molecule has 0 aromatic rings. The second-order valence-electron chi connectivity index (χ2n) is 4.61. The Hall–Kier alpha value is -0.660. The standard InChI is InChI=1S/C11H21NO5S/c1-3-9(2)12(7-11(13)14)18(15,16)8-10-5-4-6-17-10/h9-10H,3-8H2,1-2H3,(H,13,14). The Morgan fingerprint density at radius 3 is 2.67 bits per heavy atom. The molecule has 6 nitrogen and oxygen atoms in total. The molecule has 1 saturated heterocycles. The molecule has 0 bridgehead atoms. The third kappa shape index (κ3) is 4.22. The third-order valence-corrected chi connectivity index (χ3v) is 5.15. The fourth-order valence-corrected chi connectivity index (χ4v) is 3.90. The molecule has 1 heterocycles. The van der Waals surface area contributed by atoms with E-state index in [4.69, 9.17) is 9.84 Å². The molecule has 18 heavy (non-hydrogen) atoms. The van der Waals surface area contributed by atoms with Crippen molar-refractivity contribution in [3.8, 4) is 0 Å². The maximum atomic E-state index is 12.2. The van der Waals surface area contributed by atoms with Gasteiger partial charge < -0.3 is 9.84 Å². The van der Waals surface area contributed by atoms with Gasteiger partial charge in [0.25, 0.3) is 0 Å². The van der Waals surface area contributed by atoms with Gasteiger partial charge in [-0.15, -0.1) is 0 Å². The Labute approximate surface area is 108 Å². The van der Waals surface area contributed by atoms with Gasteiger partial charge in [0.1, 0.15) is 6.54 Å². The number of sulfonamides is 1. The summed E-state index contributed by atoms with van der Waals surface area (Å²) in [5.41, 5.74) is 0. The normalized spacial score (nSPS) is 22.3. The number of hydrogen-bond acceptors (Lipinski definition) is 4. The quantitative estimate of drug-likeness (QED) is 0.741. The zero-order valence-corrected chi connectivity index (χ0v) is 11.6. The number of carboxylic acid groups (broad SMARTS) is 1. The number of ether oxygens (including phenoxy) is 1. The highest BCUT2D eigenvalue weighted by Gasteiger charge is 2.32. The van der Waals surface area contributed by atoms with Gasteiger partial charge in [-0.2, -0.15) is 4.31 Å². The fraction of sp³-hybridized carbons (Fsp3) is 0.909. The van der Waals surface area contributed by atoms with E-state index in [1.807, 2.05) is 6.92 Å². The van der Waals surface area contributed by atoms with Gasteiger partial charge in [0.15, 0.2) is 0 Å². The van der Waals surface area contributed by atoms with Crippen LogP contribution in [-0.2, 0) is 19.6 Å². The first-order valence-electron chi connectivity index (χ1n) is 6.19. The van der Waals surface area contributed by atoms with Gasteiger partial charge in [-0.1, -0.05) is 6.92 Å². The Morgan fingerprint density at radius 2 is 2.22 bits per heavy atom. The molecule has 1 N–H and O–H groups in total. The van der Waals surface area contributed by atoms with Crippen molar-refractivity contribution >= 4 is 16.0 Å². The van der Waals surface area contributed by atoms with Crippen molar-refractivity contribution in [2.75, 3.05) is 18.9 Å². The van der Waals surface area contributed by atoms with Crippen LogP contribution in [-0.4, -0.2) is 54.8 Å². The molecular weight excluding hydrogens is 258 g/mol. The summed E-state index contributed by atoms with van der Waals surface area (Å²) in [5, 5.41) is 8.82. The van der Waals surface area contributed by atoms with E-state index < -0.39 is 22.5 Å². The molecule has 1 aliphatic rings. The Kier molecular flexibility index (Phi) is 5.55. The molecule has 0 spiro atoms. The van der Waals surface area contributed by atoms with Crippen LogP contribution in [0.1, 0.15) is 33.1 Å². The minimum atomic E-state index is -3.58. The summed E-state index contributed by atoms with van der Waals surface area (Å²) >= 11 is 0. The average molecular weight is 279 g/mol. The fourth-order valence-electron chi connectivity index (χ4n) is 1.97. The number of carboxylic acids is 1. The topological polar surface area (TPSA) is 83.9 Å². The van der Waals surface area contributed by atoms with Crippen LogP contribution in [0.4, 0.5) is 0 Å². The van der Waals surface area contributed by atoms with Crippen molar-refractivity contribution in [1.82, 2.24) is 4.31 Å². The largest absolute Gasteiger partial charge is 0.480 e. The van der Waals surface area contributed by atoms with Crippen LogP contribution < -0.4 is 0 Å². The summed E-state index contributed by atoms with van der Waals surface area (Å²) in [6.45, 7) is 3.66. The van der Waals surface area contributed by atoms with E-state index in [9.17, 15) is 13.2 Å². The molecule has 2 atom stereocenters. The predicted octanol–water partition coefficient (Wildman–Crippen LogP) is 0.680. The number of aliphatic carboxylic acids is 1. The first-order valence-corrected chi connectivity index (χ1v) is 7.80. The Morgan fingerprint density at radius 1 is 1.56 bits per heavy atom. The van der Waals surface area contributed by atoms with Crippen LogP contribution in [0, 0.1) is 0 Å². The lowest BCUT2D eigenvalue weighted by Crippen LogP contribution is -2.44. The molecule has 2 unspecified atom stereocenters. The van der Waals surface area contributed by atoms with Crippen molar-refractivity contribution in [2.24, 2.45) is 0 Å². The lowest BCUT2D eigenvalue weighted by Gasteiger charge is -2.27. The van der Waals surface area contributed by atoms with E-state index in [1.165, 1.54) is 0 Å². The van der Waals surface area contributed by atoms with Gasteiger partial charge >= 0.3 is 5.97 Å². The van der Waals surface area contributed by atoms with Gasteiger partial charge in [0, 0.05) is 12.6 Å². The molecular formula is C11H21NO5S. The van der Waals surface area contributed by atoms with Crippen molar-refractivity contribution < 1.29 is 23.1 Å². The zero-order valence-electron chi connectivity index (χ0n) is 10.8. The second-order valence-corrected chi connectivity index (χ2v) is 6.58. The SMILES string of the molecule is CCC(C)N(CC(=O)O)S(=O)(=O)CC1CCCO1. The third-order valence-electron chi connectivity index (χ3n) is 3.15. The van der Waals surface area contributed by atoms with Gasteiger partial charge in [-0.25, -0.2) is 8.42 Å². The summed E-state index contributed by atoms with van der Waals surface area (Å²) < 4.78 is 30.8. The van der Waals surface area contributed by atoms with Crippen LogP contribution in [0.5, 0.6) is 0 Å². The molecule has 1 rings (SSSR count). The second kappa shape index (κ2) is 6.49. The minimum Gasteiger partial charge on any atom is -0.480 e. The van der Waals surface area contributed by atoms with Crippen molar-refractivity contribution in [2.45, 2.75) is 45.3 Å². The van der Waals surface area contributed by atoms with Gasteiger partial charge in [-0.3, -0.25) is 4.79 Å². The lowest BCUT2D eigenvalue weighted by molar-refractivity contribution is -0.137. The first-order chi connectivity index (χ1) is 8.36. The summed E-state index contributed by atoms with van der Waals surface area (Å²) in [4.78, 5) is 10.8. The summed E-state index contributed by atoms with van der Waals surface area (Å²) in [5.74, 6) is -1.25. The predicted molar refractivity (Wildman–Crippen MR) is 66.9 cm³/mol. The van der Waals surface area contributed by atoms with Crippen LogP contribution >= 0.6 is 0 Å². The van der Waals surface area contributed by atoms with Crippen LogP contribution in [0.2, 0.25) is 0 Å². The minimum absolute atomic E-state index is 0.120. The van der Waals surface area contributed by atoms with Crippen molar-refractivity contribution in [3.63, 3.8) is 0 Å². The van der Waals surface area contributed by atoms with E-state index in [0.717, 1.165) is 17.1 Å². The molecule has 7 heteroatoms. The average Bonchev–Trinajstić information content (AvgIpc) is 2.76. The molecule has 0 aromatic heterocycles. The van der Waals surface area contributed by atoms with E-state index in [-0.39, 0.29) is 17.9 Å². The number of hydrogen-bond donors (Lipinski definition) is 1. The monoisotopic (exact) mass is 279 g/mol. The van der Waals surface area contributed by atoms with Crippen LogP contribution in [0.3, 0.4) is 0 Å². The smallest absolute Gasteiger partial charge is 0.318 e. The van der Waals surface area contributed by atoms with E-state index >= 15 is 0 Å². The number of carbonyl (C=O) groups is 1. The first kappa shape index (κ1) is 15.4. The highest BCUT2D eigenvalue weighted by atomic mass is 32.2. The molecule has 106 valence electrons. The van der Waals surface area contributed by atoms with Gasteiger partial charge in [0.2, 0.25) is 10.0 Å². The maximum absolute atomic E-state index is 12.2. The number of rotatable bonds is 7. The van der Waals surface area contributed by atoms with Crippen molar-refractivity contribution in [3.05, 3.63) is 0 Å². The van der Waals surface area contributed by atoms with Crippen molar-refractivity contribution in [1.29, 1.82) is 0 Å². The molecule has 0 saturated carbocycles. The lowest BCUT2D eigenvalue weighted by atomic mass is 10.2. The highest BCUT2D eigenvalue weighted by molar-refractivity contribution is 7.89. The molecule has 1 fully saturated rings. The summed E-state index contributed by atoms with van der Waals surface area (Å²) in [6.07, 6.45) is 1.87. The van der Waals surface area contributed by atoms with Gasteiger partial charge in [0.05, 0.1) is 11.9 Å². The van der Waals surface area contributed by atoms with E-state index in [0.29, 0.717) is 13.0 Å². The van der Waals surface area contributed by atoms with Gasteiger partial charge in [-0.05, 0) is 26.2 Å². The zero-order chi connectivity index (χ0) is 13.8. The molecule has 0 amide bonds.